The van der Waals surface area contributed by atoms with Crippen LogP contribution in [0.1, 0.15) is 15.9 Å². The van der Waals surface area contributed by atoms with E-state index in [-0.39, 0.29) is 31.5 Å². The van der Waals surface area contributed by atoms with E-state index in [1.807, 2.05) is 28.1 Å². The van der Waals surface area contributed by atoms with Crippen LogP contribution in [0.2, 0.25) is 0 Å². The number of nitrogens with zero attached hydrogens (tertiary/aromatic N) is 2. The summed E-state index contributed by atoms with van der Waals surface area (Å²) in [5.74, 6) is -4.56. The second-order valence-corrected chi connectivity index (χ2v) is 8.30. The summed E-state index contributed by atoms with van der Waals surface area (Å²) in [6.07, 6.45) is 0.864. The number of amides is 3. The van der Waals surface area contributed by atoms with Crippen LogP contribution in [-0.4, -0.2) is 67.6 Å². The zero-order valence-corrected chi connectivity index (χ0v) is 20.3. The van der Waals surface area contributed by atoms with Gasteiger partial charge in [-0.05, 0) is 46.9 Å². The van der Waals surface area contributed by atoms with E-state index in [9.17, 15) is 18.4 Å². The molecule has 0 spiro atoms. The van der Waals surface area contributed by atoms with Crippen LogP contribution in [-0.2, 0) is 9.68 Å². The van der Waals surface area contributed by atoms with Crippen molar-refractivity contribution in [1.82, 2.24) is 15.7 Å². The maximum absolute atomic E-state index is 15.0. The van der Waals surface area contributed by atoms with Gasteiger partial charge in [-0.1, -0.05) is 5.16 Å². The van der Waals surface area contributed by atoms with Gasteiger partial charge in [0.05, 0.1) is 42.9 Å². The first-order chi connectivity index (χ1) is 16.8. The lowest BCUT2D eigenvalue weighted by Crippen LogP contribution is -2.30. The second-order valence-electron chi connectivity index (χ2n) is 7.06. The molecule has 35 heavy (non-hydrogen) atoms. The van der Waals surface area contributed by atoms with Crippen molar-refractivity contribution in [3.8, 4) is 0 Å². The number of aliphatic hydroxyl groups is 1. The van der Waals surface area contributed by atoms with Gasteiger partial charge in [0.15, 0.2) is 11.6 Å². The van der Waals surface area contributed by atoms with Crippen molar-refractivity contribution in [3.05, 3.63) is 56.4 Å². The molecule has 0 aliphatic carbocycles. The molecule has 3 rings (SSSR count). The van der Waals surface area contributed by atoms with Gasteiger partial charge in [0.25, 0.3) is 5.91 Å². The van der Waals surface area contributed by atoms with Crippen LogP contribution in [0.25, 0.3) is 0 Å². The van der Waals surface area contributed by atoms with Gasteiger partial charge in [0.1, 0.15) is 12.4 Å². The summed E-state index contributed by atoms with van der Waals surface area (Å²) in [5.41, 5.74) is 0.320. The third-order valence-electron chi connectivity index (χ3n) is 4.69. The van der Waals surface area contributed by atoms with Crippen LogP contribution in [0, 0.1) is 21.0 Å². The Labute approximate surface area is 211 Å². The Morgan fingerprint density at radius 1 is 1.26 bits per heavy atom. The SMILES string of the molecule is O=C(NOCCO)c1cc(/C=N/OCCN2CCNC2=O)c(F)c(F)c1Nc1ccc(I)cc1F. The Morgan fingerprint density at radius 2 is 2.06 bits per heavy atom. The molecule has 1 heterocycles. The maximum atomic E-state index is 15.0. The number of carbonyl (C=O) groups excluding carboxylic acids is 2. The molecule has 0 aromatic heterocycles. The molecular weight excluding hydrogens is 586 g/mol. The van der Waals surface area contributed by atoms with Crippen molar-refractivity contribution in [2.45, 2.75) is 0 Å². The highest BCUT2D eigenvalue weighted by molar-refractivity contribution is 14.1. The van der Waals surface area contributed by atoms with E-state index >= 15 is 4.39 Å². The number of halogens is 4. The molecular formula is C21H21F3IN5O5. The number of hydrogen-bond donors (Lipinski definition) is 4. The number of nitrogens with one attached hydrogen (secondary N) is 3. The topological polar surface area (TPSA) is 125 Å². The van der Waals surface area contributed by atoms with Gasteiger partial charge in [-0.25, -0.2) is 23.4 Å². The van der Waals surface area contributed by atoms with E-state index in [0.717, 1.165) is 12.3 Å². The number of rotatable bonds is 11. The Kier molecular flexibility index (Phi) is 9.50. The molecule has 1 saturated heterocycles. The first kappa shape index (κ1) is 26.5. The Morgan fingerprint density at radius 3 is 2.74 bits per heavy atom. The largest absolute Gasteiger partial charge is 0.394 e. The zero-order chi connectivity index (χ0) is 25.4. The quantitative estimate of drug-likeness (QED) is 0.135. The van der Waals surface area contributed by atoms with Crippen LogP contribution >= 0.6 is 22.6 Å². The number of urea groups is 1. The number of hydrogen-bond acceptors (Lipinski definition) is 7. The van der Waals surface area contributed by atoms with E-state index in [0.29, 0.717) is 16.7 Å². The summed E-state index contributed by atoms with van der Waals surface area (Å²) >= 11 is 1.88. The number of oxime groups is 1. The smallest absolute Gasteiger partial charge is 0.317 e. The molecule has 2 aromatic rings. The molecule has 3 amide bonds. The minimum atomic E-state index is -1.46. The van der Waals surface area contributed by atoms with Crippen LogP contribution in [0.5, 0.6) is 0 Å². The molecule has 1 aliphatic rings. The van der Waals surface area contributed by atoms with Crippen LogP contribution in [0.4, 0.5) is 29.3 Å². The van der Waals surface area contributed by atoms with E-state index in [4.69, 9.17) is 14.8 Å². The van der Waals surface area contributed by atoms with Crippen LogP contribution in [0.15, 0.2) is 29.4 Å². The van der Waals surface area contributed by atoms with Crippen molar-refractivity contribution >= 4 is 52.1 Å². The highest BCUT2D eigenvalue weighted by atomic mass is 127. The first-order valence-corrected chi connectivity index (χ1v) is 11.3. The van der Waals surface area contributed by atoms with Gasteiger partial charge < -0.3 is 25.5 Å². The predicted molar refractivity (Wildman–Crippen MR) is 128 cm³/mol. The normalized spacial score (nSPS) is 13.3. The fraction of sp³-hybridized carbons (Fsp3) is 0.286. The third-order valence-corrected chi connectivity index (χ3v) is 5.36. The summed E-state index contributed by atoms with van der Waals surface area (Å²) in [5, 5.41) is 17.4. The zero-order valence-electron chi connectivity index (χ0n) is 18.1. The lowest BCUT2D eigenvalue weighted by atomic mass is 10.1. The number of hydroxylamine groups is 1. The molecule has 1 aliphatic heterocycles. The molecule has 0 saturated carbocycles. The Balaban J connectivity index is 1.83. The Bertz CT molecular complexity index is 1120. The summed E-state index contributed by atoms with van der Waals surface area (Å²) in [7, 11) is 0. The molecule has 0 unspecified atom stereocenters. The minimum Gasteiger partial charge on any atom is -0.394 e. The van der Waals surface area contributed by atoms with Gasteiger partial charge in [0, 0.05) is 22.2 Å². The standard InChI is InChI=1S/C21H21F3IN5O5/c22-15-10-13(25)1-2-16(15)28-19-14(20(32)29-35-8-6-31)9-12(17(23)18(19)24)11-27-34-7-5-30-4-3-26-21(30)33/h1-2,9-11,28,31H,3-8H2,(H,26,33)(H,29,32)/b27-11+. The van der Waals surface area contributed by atoms with Gasteiger partial charge in [-0.15, -0.1) is 0 Å². The highest BCUT2D eigenvalue weighted by Gasteiger charge is 2.24. The number of anilines is 2. The average Bonchev–Trinajstić information content (AvgIpc) is 3.24. The van der Waals surface area contributed by atoms with Crippen LogP contribution < -0.4 is 16.1 Å². The van der Waals surface area contributed by atoms with E-state index in [1.165, 1.54) is 23.1 Å². The van der Waals surface area contributed by atoms with E-state index in [2.05, 4.69) is 15.8 Å². The molecule has 4 N–H and O–H groups in total. The second kappa shape index (κ2) is 12.6. The predicted octanol–water partition coefficient (Wildman–Crippen LogP) is 2.48. The summed E-state index contributed by atoms with van der Waals surface area (Å²) < 4.78 is 44.7. The molecule has 0 bridgehead atoms. The van der Waals surface area contributed by atoms with Crippen molar-refractivity contribution in [2.75, 3.05) is 44.8 Å². The molecule has 0 atom stereocenters. The number of aliphatic hydroxyl groups excluding tert-OH is 1. The van der Waals surface area contributed by atoms with Gasteiger partial charge in [-0.2, -0.15) is 0 Å². The fourth-order valence-corrected chi connectivity index (χ4v) is 3.46. The summed E-state index contributed by atoms with van der Waals surface area (Å²) in [6.45, 7) is 0.624. The first-order valence-electron chi connectivity index (χ1n) is 10.3. The monoisotopic (exact) mass is 607 g/mol. The summed E-state index contributed by atoms with van der Waals surface area (Å²) in [6, 6.07) is 4.75. The van der Waals surface area contributed by atoms with Crippen molar-refractivity contribution in [1.29, 1.82) is 0 Å². The van der Waals surface area contributed by atoms with Crippen molar-refractivity contribution in [2.24, 2.45) is 5.16 Å². The van der Waals surface area contributed by atoms with E-state index in [1.54, 1.807) is 0 Å². The van der Waals surface area contributed by atoms with Gasteiger partial charge in [-0.3, -0.25) is 9.63 Å². The lowest BCUT2D eigenvalue weighted by molar-refractivity contribution is 0.0168. The fourth-order valence-electron chi connectivity index (χ4n) is 3.01. The molecule has 10 nitrogen and oxygen atoms in total. The van der Waals surface area contributed by atoms with Crippen molar-refractivity contribution in [3.63, 3.8) is 0 Å². The lowest BCUT2D eigenvalue weighted by Gasteiger charge is -2.16. The van der Waals surface area contributed by atoms with E-state index < -0.39 is 46.8 Å². The molecule has 14 heteroatoms. The minimum absolute atomic E-state index is 0.00207. The molecule has 188 valence electrons. The third kappa shape index (κ3) is 6.95. The molecule has 1 fully saturated rings. The molecule has 2 aromatic carbocycles. The molecule has 0 radical (unpaired) electrons. The number of carbonyl (C=O) groups is 2. The van der Waals surface area contributed by atoms with Crippen molar-refractivity contribution < 1.29 is 37.5 Å². The number of benzene rings is 2. The maximum Gasteiger partial charge on any atom is 0.317 e. The Hall–Kier alpha value is -3.11. The highest BCUT2D eigenvalue weighted by Crippen LogP contribution is 2.30. The summed E-state index contributed by atoms with van der Waals surface area (Å²) in [4.78, 5) is 35.3. The van der Waals surface area contributed by atoms with Crippen LogP contribution in [0.3, 0.4) is 0 Å². The average molecular weight is 607 g/mol. The van der Waals surface area contributed by atoms with Gasteiger partial charge in [0.2, 0.25) is 0 Å². The van der Waals surface area contributed by atoms with Gasteiger partial charge >= 0.3 is 6.03 Å².